The second-order valence-corrected chi connectivity index (χ2v) is 7.03. The zero-order chi connectivity index (χ0) is 14.6. The van der Waals surface area contributed by atoms with E-state index in [-0.39, 0.29) is 21.7 Å². The molecule has 108 valence electrons. The average molecular weight is 309 g/mol. The Bertz CT molecular complexity index is 430. The van der Waals surface area contributed by atoms with E-state index in [2.05, 4.69) is 5.32 Å². The highest BCUT2D eigenvalue weighted by molar-refractivity contribution is 7.99. The summed E-state index contributed by atoms with van der Waals surface area (Å²) in [6.45, 7) is 5.66. The van der Waals surface area contributed by atoms with Gasteiger partial charge in [-0.1, -0.05) is 32.5 Å². The van der Waals surface area contributed by atoms with Gasteiger partial charge in [0.1, 0.15) is 4.88 Å². The number of carbonyl (C=O) groups excluding carboxylic acids is 1. The largest absolute Gasteiger partial charge is 0.391 e. The predicted octanol–water partition coefficient (Wildman–Crippen LogP) is 3.20. The Morgan fingerprint density at radius 1 is 1.53 bits per heavy atom. The van der Waals surface area contributed by atoms with Crippen LogP contribution in [0.15, 0.2) is 16.3 Å². The number of rotatable bonds is 5. The molecule has 0 bridgehead atoms. The van der Waals surface area contributed by atoms with E-state index < -0.39 is 17.8 Å². The smallest absolute Gasteiger partial charge is 0.288 e. The molecule has 7 heteroatoms. The number of hydrogen-bond donors (Lipinski definition) is 2. The first-order valence-corrected chi connectivity index (χ1v) is 7.46. The van der Waals surface area contributed by atoms with E-state index in [1.807, 2.05) is 20.8 Å². The van der Waals surface area contributed by atoms with Crippen molar-refractivity contribution < 1.29 is 18.7 Å². The molecule has 0 saturated carbocycles. The summed E-state index contributed by atoms with van der Waals surface area (Å²) >= 11 is 1.46. The Morgan fingerprint density at radius 3 is 2.68 bits per heavy atom. The van der Waals surface area contributed by atoms with E-state index in [4.69, 9.17) is 0 Å². The molecule has 0 aliphatic heterocycles. The van der Waals surface area contributed by atoms with Gasteiger partial charge in [-0.25, -0.2) is 0 Å². The maximum absolute atomic E-state index is 12.3. The number of alkyl halides is 2. The third kappa shape index (κ3) is 5.08. The molecular weight excluding hydrogens is 292 g/mol. The van der Waals surface area contributed by atoms with Crippen molar-refractivity contribution in [3.8, 4) is 0 Å². The zero-order valence-electron chi connectivity index (χ0n) is 10.9. The van der Waals surface area contributed by atoms with Crippen LogP contribution in [0.1, 0.15) is 30.4 Å². The molecule has 1 aromatic heterocycles. The summed E-state index contributed by atoms with van der Waals surface area (Å²) in [5, 5.41) is 14.0. The molecule has 0 spiro atoms. The van der Waals surface area contributed by atoms with Crippen LogP contribution >= 0.6 is 23.1 Å². The van der Waals surface area contributed by atoms with Crippen LogP contribution in [0, 0.1) is 5.41 Å². The SMILES string of the molecule is CC(C)(C)C(O)CNC(=O)c1sccc1SC(F)F. The van der Waals surface area contributed by atoms with Crippen LogP contribution in [-0.2, 0) is 0 Å². The number of halogens is 2. The number of aliphatic hydroxyl groups is 1. The lowest BCUT2D eigenvalue weighted by Crippen LogP contribution is -2.39. The van der Waals surface area contributed by atoms with Gasteiger partial charge >= 0.3 is 0 Å². The minimum Gasteiger partial charge on any atom is -0.391 e. The van der Waals surface area contributed by atoms with Crippen molar-refractivity contribution in [1.82, 2.24) is 5.32 Å². The topological polar surface area (TPSA) is 49.3 Å². The van der Waals surface area contributed by atoms with Gasteiger partial charge in [0, 0.05) is 11.4 Å². The van der Waals surface area contributed by atoms with E-state index in [1.165, 1.54) is 6.07 Å². The average Bonchev–Trinajstić information content (AvgIpc) is 2.71. The number of hydrogen-bond acceptors (Lipinski definition) is 4. The van der Waals surface area contributed by atoms with E-state index in [0.29, 0.717) is 11.8 Å². The Balaban J connectivity index is 2.62. The lowest BCUT2D eigenvalue weighted by molar-refractivity contribution is 0.0587. The summed E-state index contributed by atoms with van der Waals surface area (Å²) in [4.78, 5) is 12.4. The number of aliphatic hydroxyl groups excluding tert-OH is 1. The minimum atomic E-state index is -2.55. The summed E-state index contributed by atoms with van der Waals surface area (Å²) in [6.07, 6.45) is -0.692. The molecular formula is C12H17F2NO2S2. The second-order valence-electron chi connectivity index (χ2n) is 5.08. The van der Waals surface area contributed by atoms with Crippen LogP contribution in [0.25, 0.3) is 0 Å². The van der Waals surface area contributed by atoms with Gasteiger partial charge < -0.3 is 10.4 Å². The summed E-state index contributed by atoms with van der Waals surface area (Å²) in [6, 6.07) is 1.50. The minimum absolute atomic E-state index is 0.0962. The standard InChI is InChI=1S/C12H17F2NO2S2/c1-12(2,3)8(16)6-15-10(17)9-7(4-5-18-9)19-11(13)14/h4-5,8,11,16H,6H2,1-3H3,(H,15,17). The highest BCUT2D eigenvalue weighted by Gasteiger charge is 2.23. The van der Waals surface area contributed by atoms with Crippen molar-refractivity contribution in [1.29, 1.82) is 0 Å². The Hall–Kier alpha value is -0.660. The predicted molar refractivity (Wildman–Crippen MR) is 74.0 cm³/mol. The lowest BCUT2D eigenvalue weighted by Gasteiger charge is -2.25. The first-order valence-electron chi connectivity index (χ1n) is 5.70. The van der Waals surface area contributed by atoms with Crippen LogP contribution in [0.5, 0.6) is 0 Å². The van der Waals surface area contributed by atoms with Gasteiger partial charge in [0.15, 0.2) is 0 Å². The lowest BCUT2D eigenvalue weighted by atomic mass is 9.89. The van der Waals surface area contributed by atoms with Crippen molar-refractivity contribution in [2.75, 3.05) is 6.54 Å². The Kier molecular flexibility index (Phi) is 5.76. The molecule has 0 saturated heterocycles. The van der Waals surface area contributed by atoms with Gasteiger partial charge in [-0.3, -0.25) is 4.79 Å². The summed E-state index contributed by atoms with van der Waals surface area (Å²) in [5.74, 6) is -2.98. The van der Waals surface area contributed by atoms with Gasteiger partial charge in [0.25, 0.3) is 11.7 Å². The number of thioether (sulfide) groups is 1. The van der Waals surface area contributed by atoms with Crippen molar-refractivity contribution in [3.63, 3.8) is 0 Å². The fourth-order valence-electron chi connectivity index (χ4n) is 1.23. The van der Waals surface area contributed by atoms with E-state index in [0.717, 1.165) is 11.3 Å². The molecule has 0 aliphatic rings. The first-order chi connectivity index (χ1) is 8.71. The van der Waals surface area contributed by atoms with Crippen molar-refractivity contribution in [2.24, 2.45) is 5.41 Å². The van der Waals surface area contributed by atoms with Crippen molar-refractivity contribution in [3.05, 3.63) is 16.3 Å². The molecule has 1 aromatic rings. The normalized spacial score (nSPS) is 13.6. The quantitative estimate of drug-likeness (QED) is 0.821. The third-order valence-corrected chi connectivity index (χ3v) is 4.32. The van der Waals surface area contributed by atoms with E-state index in [1.54, 1.807) is 5.38 Å². The molecule has 19 heavy (non-hydrogen) atoms. The highest BCUT2D eigenvalue weighted by Crippen LogP contribution is 2.31. The second kappa shape index (κ2) is 6.67. The Morgan fingerprint density at radius 2 is 2.16 bits per heavy atom. The monoisotopic (exact) mass is 309 g/mol. The molecule has 3 nitrogen and oxygen atoms in total. The van der Waals surface area contributed by atoms with Gasteiger partial charge in [-0.15, -0.1) is 11.3 Å². The van der Waals surface area contributed by atoms with Crippen LogP contribution < -0.4 is 5.32 Å². The van der Waals surface area contributed by atoms with Crippen LogP contribution in [0.3, 0.4) is 0 Å². The zero-order valence-corrected chi connectivity index (χ0v) is 12.6. The third-order valence-electron chi connectivity index (χ3n) is 2.51. The summed E-state index contributed by atoms with van der Waals surface area (Å²) in [7, 11) is 0. The number of amides is 1. The molecule has 0 radical (unpaired) electrons. The van der Waals surface area contributed by atoms with Crippen molar-refractivity contribution in [2.45, 2.75) is 37.5 Å². The molecule has 1 unspecified atom stereocenters. The molecule has 1 heterocycles. The fourth-order valence-corrected chi connectivity index (χ4v) is 2.84. The Labute approximate surface area is 119 Å². The highest BCUT2D eigenvalue weighted by atomic mass is 32.2. The van der Waals surface area contributed by atoms with E-state index in [9.17, 15) is 18.7 Å². The molecule has 1 atom stereocenters. The molecule has 2 N–H and O–H groups in total. The first kappa shape index (κ1) is 16.4. The van der Waals surface area contributed by atoms with Gasteiger partial charge in [0.2, 0.25) is 0 Å². The van der Waals surface area contributed by atoms with Crippen molar-refractivity contribution >= 4 is 29.0 Å². The number of carbonyl (C=O) groups is 1. The molecule has 0 fully saturated rings. The fraction of sp³-hybridized carbons (Fsp3) is 0.583. The van der Waals surface area contributed by atoms with Gasteiger partial charge in [-0.05, 0) is 16.9 Å². The molecule has 0 aliphatic carbocycles. The van der Waals surface area contributed by atoms with E-state index >= 15 is 0 Å². The molecule has 0 aromatic carbocycles. The number of thiophene rings is 1. The molecule has 1 rings (SSSR count). The summed E-state index contributed by atoms with van der Waals surface area (Å²) in [5.41, 5.74) is -0.344. The number of nitrogens with one attached hydrogen (secondary N) is 1. The summed E-state index contributed by atoms with van der Waals surface area (Å²) < 4.78 is 24.6. The molecule has 1 amide bonds. The maximum atomic E-state index is 12.3. The van der Waals surface area contributed by atoms with Gasteiger partial charge in [-0.2, -0.15) is 8.78 Å². The van der Waals surface area contributed by atoms with Crippen LogP contribution in [-0.4, -0.2) is 29.4 Å². The maximum Gasteiger partial charge on any atom is 0.288 e. The van der Waals surface area contributed by atoms with Gasteiger partial charge in [0.05, 0.1) is 6.10 Å². The van der Waals surface area contributed by atoms with Crippen LogP contribution in [0.4, 0.5) is 8.78 Å². The van der Waals surface area contributed by atoms with Crippen LogP contribution in [0.2, 0.25) is 0 Å².